The van der Waals surface area contributed by atoms with Gasteiger partial charge in [0, 0.05) is 32.2 Å². The van der Waals surface area contributed by atoms with E-state index in [1.165, 1.54) is 5.56 Å². The largest absolute Gasteiger partial charge is 0.496 e. The summed E-state index contributed by atoms with van der Waals surface area (Å²) in [7, 11) is 3.42. The van der Waals surface area contributed by atoms with Crippen molar-refractivity contribution < 1.29 is 9.53 Å². The summed E-state index contributed by atoms with van der Waals surface area (Å²) in [5.74, 6) is 1.54. The van der Waals surface area contributed by atoms with E-state index in [9.17, 15) is 4.79 Å². The number of guanidine groups is 1. The van der Waals surface area contributed by atoms with E-state index in [4.69, 9.17) is 4.74 Å². The molecule has 0 atom stereocenters. The number of hydrogen-bond donors (Lipinski definition) is 3. The Hall–Kier alpha value is -3.02. The van der Waals surface area contributed by atoms with Crippen LogP contribution in [-0.2, 0) is 6.42 Å². The summed E-state index contributed by atoms with van der Waals surface area (Å²) >= 11 is 0. The Balaban J connectivity index is 1.68. The van der Waals surface area contributed by atoms with Crippen molar-refractivity contribution in [1.29, 1.82) is 0 Å². The molecule has 6 heteroatoms. The van der Waals surface area contributed by atoms with Crippen LogP contribution >= 0.6 is 0 Å². The number of benzene rings is 2. The van der Waals surface area contributed by atoms with Gasteiger partial charge in [-0.2, -0.15) is 0 Å². The van der Waals surface area contributed by atoms with E-state index in [0.29, 0.717) is 24.6 Å². The Bertz CT molecular complexity index is 760. The van der Waals surface area contributed by atoms with Crippen molar-refractivity contribution in [3.8, 4) is 5.75 Å². The minimum absolute atomic E-state index is 0.0753. The smallest absolute Gasteiger partial charge is 0.251 e. The molecule has 0 saturated heterocycles. The molecule has 0 radical (unpaired) electrons. The van der Waals surface area contributed by atoms with Crippen LogP contribution in [0.15, 0.2) is 53.5 Å². The summed E-state index contributed by atoms with van der Waals surface area (Å²) in [5, 5.41) is 9.35. The molecule has 2 aromatic carbocycles. The van der Waals surface area contributed by atoms with Crippen LogP contribution in [0.1, 0.15) is 21.5 Å². The molecular weight excluding hydrogens is 340 g/mol. The van der Waals surface area contributed by atoms with E-state index in [-0.39, 0.29) is 5.91 Å². The number of nitrogens with zero attached hydrogens (tertiary/aromatic N) is 1. The second-order valence-electron chi connectivity index (χ2n) is 6.10. The normalized spacial score (nSPS) is 11.0. The van der Waals surface area contributed by atoms with Crippen LogP contribution in [0.3, 0.4) is 0 Å². The first-order valence-corrected chi connectivity index (χ1v) is 9.05. The standard InChI is InChI=1S/C21H28N4O2/c1-16-9-10-17(15-19(16)27-3)11-12-24-21(22-2)25-14-13-23-20(26)18-7-5-4-6-8-18/h4-10,15H,11-14H2,1-3H3,(H,23,26)(H2,22,24,25). The van der Waals surface area contributed by atoms with Gasteiger partial charge in [-0.05, 0) is 42.7 Å². The maximum atomic E-state index is 12.0. The van der Waals surface area contributed by atoms with Crippen molar-refractivity contribution in [3.63, 3.8) is 0 Å². The molecule has 0 heterocycles. The monoisotopic (exact) mass is 368 g/mol. The predicted octanol–water partition coefficient (Wildman–Crippen LogP) is 2.14. The molecule has 2 aromatic rings. The molecule has 0 aliphatic rings. The van der Waals surface area contributed by atoms with Crippen LogP contribution in [-0.4, -0.2) is 45.7 Å². The Morgan fingerprint density at radius 3 is 2.41 bits per heavy atom. The average molecular weight is 368 g/mol. The van der Waals surface area contributed by atoms with Gasteiger partial charge in [-0.3, -0.25) is 9.79 Å². The SMILES string of the molecule is CN=C(NCCNC(=O)c1ccccc1)NCCc1ccc(C)c(OC)c1. The van der Waals surface area contributed by atoms with E-state index in [2.05, 4.69) is 39.1 Å². The number of methoxy groups -OCH3 is 1. The number of carbonyl (C=O) groups is 1. The molecule has 0 saturated carbocycles. The average Bonchev–Trinajstić information content (AvgIpc) is 2.71. The first-order valence-electron chi connectivity index (χ1n) is 9.05. The number of aliphatic imine (C=N–C) groups is 1. The van der Waals surface area contributed by atoms with Crippen molar-refractivity contribution in [2.75, 3.05) is 33.8 Å². The predicted molar refractivity (Wildman–Crippen MR) is 110 cm³/mol. The molecule has 2 rings (SSSR count). The third-order valence-electron chi connectivity index (χ3n) is 4.14. The lowest BCUT2D eigenvalue weighted by Crippen LogP contribution is -2.42. The molecule has 3 N–H and O–H groups in total. The molecule has 1 amide bonds. The molecule has 0 aromatic heterocycles. The van der Waals surface area contributed by atoms with Crippen molar-refractivity contribution in [2.45, 2.75) is 13.3 Å². The molecule has 0 aliphatic heterocycles. The van der Waals surface area contributed by atoms with Crippen LogP contribution in [0.2, 0.25) is 0 Å². The first kappa shape index (κ1) is 20.3. The van der Waals surface area contributed by atoms with Gasteiger partial charge in [-0.1, -0.05) is 30.3 Å². The molecule has 0 fully saturated rings. The topological polar surface area (TPSA) is 74.8 Å². The Labute approximate surface area is 161 Å². The van der Waals surface area contributed by atoms with Crippen LogP contribution in [0.5, 0.6) is 5.75 Å². The Morgan fingerprint density at radius 2 is 1.70 bits per heavy atom. The highest BCUT2D eigenvalue weighted by molar-refractivity contribution is 5.94. The van der Waals surface area contributed by atoms with E-state index < -0.39 is 0 Å². The van der Waals surface area contributed by atoms with Gasteiger partial charge in [0.05, 0.1) is 7.11 Å². The maximum Gasteiger partial charge on any atom is 0.251 e. The number of hydrogen-bond acceptors (Lipinski definition) is 3. The zero-order valence-corrected chi connectivity index (χ0v) is 16.2. The summed E-state index contributed by atoms with van der Waals surface area (Å²) < 4.78 is 5.36. The Morgan fingerprint density at radius 1 is 1.00 bits per heavy atom. The number of aryl methyl sites for hydroxylation is 1. The van der Waals surface area contributed by atoms with Gasteiger partial charge in [0.2, 0.25) is 0 Å². The van der Waals surface area contributed by atoms with E-state index in [0.717, 1.165) is 24.3 Å². The second kappa shape index (κ2) is 10.9. The van der Waals surface area contributed by atoms with Gasteiger partial charge < -0.3 is 20.7 Å². The summed E-state index contributed by atoms with van der Waals surface area (Å²) in [6.07, 6.45) is 0.863. The maximum absolute atomic E-state index is 12.0. The lowest BCUT2D eigenvalue weighted by molar-refractivity contribution is 0.0954. The fourth-order valence-electron chi connectivity index (χ4n) is 2.61. The second-order valence-corrected chi connectivity index (χ2v) is 6.10. The molecule has 0 bridgehead atoms. The van der Waals surface area contributed by atoms with Gasteiger partial charge >= 0.3 is 0 Å². The van der Waals surface area contributed by atoms with Crippen LogP contribution in [0.25, 0.3) is 0 Å². The fraction of sp³-hybridized carbons (Fsp3) is 0.333. The van der Waals surface area contributed by atoms with Gasteiger partial charge in [0.15, 0.2) is 5.96 Å². The lowest BCUT2D eigenvalue weighted by atomic mass is 10.1. The third kappa shape index (κ3) is 6.66. The van der Waals surface area contributed by atoms with Crippen LogP contribution in [0.4, 0.5) is 0 Å². The van der Waals surface area contributed by atoms with Crippen LogP contribution < -0.4 is 20.7 Å². The molecule has 0 spiro atoms. The van der Waals surface area contributed by atoms with Crippen molar-refractivity contribution >= 4 is 11.9 Å². The summed E-state index contributed by atoms with van der Waals surface area (Å²) in [4.78, 5) is 16.2. The zero-order chi connectivity index (χ0) is 19.5. The van der Waals surface area contributed by atoms with Crippen molar-refractivity contribution in [3.05, 3.63) is 65.2 Å². The summed E-state index contributed by atoms with van der Waals surface area (Å²) in [6.45, 7) is 3.89. The molecule has 0 unspecified atom stereocenters. The highest BCUT2D eigenvalue weighted by atomic mass is 16.5. The lowest BCUT2D eigenvalue weighted by Gasteiger charge is -2.13. The van der Waals surface area contributed by atoms with Gasteiger partial charge in [-0.15, -0.1) is 0 Å². The van der Waals surface area contributed by atoms with E-state index in [1.54, 1.807) is 26.3 Å². The molecule has 144 valence electrons. The molecular formula is C21H28N4O2. The highest BCUT2D eigenvalue weighted by Gasteiger charge is 2.04. The molecule has 27 heavy (non-hydrogen) atoms. The van der Waals surface area contributed by atoms with Crippen molar-refractivity contribution in [1.82, 2.24) is 16.0 Å². The number of nitrogens with one attached hydrogen (secondary N) is 3. The van der Waals surface area contributed by atoms with Crippen LogP contribution in [0, 0.1) is 6.92 Å². The molecule has 0 aliphatic carbocycles. The number of carbonyl (C=O) groups excluding carboxylic acids is 1. The van der Waals surface area contributed by atoms with Gasteiger partial charge in [0.1, 0.15) is 5.75 Å². The summed E-state index contributed by atoms with van der Waals surface area (Å²) in [5.41, 5.74) is 2.99. The van der Waals surface area contributed by atoms with Gasteiger partial charge in [-0.25, -0.2) is 0 Å². The molecule has 6 nitrogen and oxygen atoms in total. The Kier molecular flexibility index (Phi) is 8.16. The fourth-order valence-corrected chi connectivity index (χ4v) is 2.61. The third-order valence-corrected chi connectivity index (χ3v) is 4.14. The minimum atomic E-state index is -0.0753. The highest BCUT2D eigenvalue weighted by Crippen LogP contribution is 2.18. The quantitative estimate of drug-likeness (QED) is 0.379. The number of ether oxygens (including phenoxy) is 1. The zero-order valence-electron chi connectivity index (χ0n) is 16.2. The van der Waals surface area contributed by atoms with Crippen molar-refractivity contribution in [2.24, 2.45) is 4.99 Å². The summed E-state index contributed by atoms with van der Waals surface area (Å²) in [6, 6.07) is 15.4. The first-order chi connectivity index (χ1) is 13.1. The van der Waals surface area contributed by atoms with E-state index in [1.807, 2.05) is 25.1 Å². The number of rotatable bonds is 8. The minimum Gasteiger partial charge on any atom is -0.496 e. The number of amides is 1. The van der Waals surface area contributed by atoms with Gasteiger partial charge in [0.25, 0.3) is 5.91 Å². The van der Waals surface area contributed by atoms with E-state index >= 15 is 0 Å².